The fourth-order valence-corrected chi connectivity index (χ4v) is 4.71. The fourth-order valence-electron chi connectivity index (χ4n) is 4.71. The average Bonchev–Trinajstić information content (AvgIpc) is 3.35. The van der Waals surface area contributed by atoms with Crippen LogP contribution in [-0.2, 0) is 35.1 Å². The fraction of sp³-hybridized carbons (Fsp3) is 0.680. The number of hydrogen-bond acceptors (Lipinski definition) is 7. The summed E-state index contributed by atoms with van der Waals surface area (Å²) in [4.78, 5) is 28.1. The van der Waals surface area contributed by atoms with Gasteiger partial charge in [-0.05, 0) is 52.5 Å². The van der Waals surface area contributed by atoms with Gasteiger partial charge in [0.15, 0.2) is 5.79 Å². The third-order valence-corrected chi connectivity index (χ3v) is 6.22. The summed E-state index contributed by atoms with van der Waals surface area (Å²) in [5.41, 5.74) is 0.521. The van der Waals surface area contributed by atoms with Gasteiger partial charge < -0.3 is 18.9 Å². The molecule has 3 rings (SSSR count). The zero-order valence-corrected chi connectivity index (χ0v) is 20.0. The summed E-state index contributed by atoms with van der Waals surface area (Å²) >= 11 is 0. The molecular weight excluding hydrogens is 410 g/mol. The molecule has 0 aromatic heterocycles. The second-order valence-electron chi connectivity index (χ2n) is 9.85. The van der Waals surface area contributed by atoms with Gasteiger partial charge in [0.2, 0.25) is 0 Å². The van der Waals surface area contributed by atoms with Crippen molar-refractivity contribution in [2.45, 2.75) is 83.4 Å². The summed E-state index contributed by atoms with van der Waals surface area (Å²) in [6.07, 6.45) is 2.50. The van der Waals surface area contributed by atoms with Crippen LogP contribution in [0.15, 0.2) is 30.3 Å². The van der Waals surface area contributed by atoms with Gasteiger partial charge in [-0.15, -0.1) is 0 Å². The van der Waals surface area contributed by atoms with E-state index in [4.69, 9.17) is 18.9 Å². The van der Waals surface area contributed by atoms with Crippen molar-refractivity contribution in [2.75, 3.05) is 20.3 Å². The largest absolute Gasteiger partial charge is 0.469 e. The molecule has 2 heterocycles. The van der Waals surface area contributed by atoms with E-state index in [0.717, 1.165) is 12.0 Å². The van der Waals surface area contributed by atoms with E-state index in [1.165, 1.54) is 7.11 Å². The number of esters is 2. The van der Waals surface area contributed by atoms with Gasteiger partial charge in [-0.1, -0.05) is 30.3 Å². The number of nitrogens with zero attached hydrogens (tertiary/aromatic N) is 1. The molecule has 1 aromatic carbocycles. The Kier molecular flexibility index (Phi) is 7.96. The molecule has 2 fully saturated rings. The Labute approximate surface area is 191 Å². The summed E-state index contributed by atoms with van der Waals surface area (Å²) in [5.74, 6) is -1.58. The highest BCUT2D eigenvalue weighted by Gasteiger charge is 2.46. The molecule has 0 aliphatic carbocycles. The Morgan fingerprint density at radius 1 is 1.16 bits per heavy atom. The van der Waals surface area contributed by atoms with Crippen molar-refractivity contribution in [3.63, 3.8) is 0 Å². The predicted molar refractivity (Wildman–Crippen MR) is 120 cm³/mol. The Balaban J connectivity index is 1.83. The van der Waals surface area contributed by atoms with Gasteiger partial charge in [0.1, 0.15) is 11.6 Å². The molecule has 2 saturated heterocycles. The molecular formula is C25H37NO6. The lowest BCUT2D eigenvalue weighted by Gasteiger charge is -2.35. The number of ether oxygens (including phenoxy) is 4. The maximum atomic E-state index is 13.1. The van der Waals surface area contributed by atoms with Gasteiger partial charge in [-0.3, -0.25) is 14.5 Å². The van der Waals surface area contributed by atoms with Crippen molar-refractivity contribution in [1.29, 1.82) is 0 Å². The van der Waals surface area contributed by atoms with Gasteiger partial charge >= 0.3 is 11.9 Å². The smallest absolute Gasteiger partial charge is 0.323 e. The topological polar surface area (TPSA) is 74.3 Å². The number of methoxy groups -OCH3 is 1. The van der Waals surface area contributed by atoms with E-state index in [1.807, 2.05) is 58.0 Å². The van der Waals surface area contributed by atoms with Gasteiger partial charge in [0.05, 0.1) is 26.2 Å². The first-order chi connectivity index (χ1) is 15.1. The maximum Gasteiger partial charge on any atom is 0.323 e. The monoisotopic (exact) mass is 447 g/mol. The minimum Gasteiger partial charge on any atom is -0.469 e. The Morgan fingerprint density at radius 2 is 1.81 bits per heavy atom. The number of carbonyl (C=O) groups excluding carboxylic acids is 2. The lowest BCUT2D eigenvalue weighted by molar-refractivity contribution is -0.165. The number of benzene rings is 1. The summed E-state index contributed by atoms with van der Waals surface area (Å²) in [6, 6.07) is 9.47. The molecule has 3 atom stereocenters. The predicted octanol–water partition coefficient (Wildman–Crippen LogP) is 3.69. The van der Waals surface area contributed by atoms with Crippen LogP contribution in [0.25, 0.3) is 0 Å². The summed E-state index contributed by atoms with van der Waals surface area (Å²) < 4.78 is 22.4. The molecule has 1 aromatic rings. The standard InChI is InChI=1S/C25H37NO6/c1-24(2,3)32-23(28)21-12-11-20(26(21)17-18-9-7-6-8-10-18)19(22(27)29-5)13-14-25(4)30-15-16-31-25/h6-10,19-21H,11-17H2,1-5H3/t19?,20-,21+/m1/s1. The number of rotatable bonds is 8. The zero-order valence-electron chi connectivity index (χ0n) is 20.0. The van der Waals surface area contributed by atoms with Crippen molar-refractivity contribution in [2.24, 2.45) is 5.92 Å². The molecule has 2 aliphatic rings. The normalized spacial score (nSPS) is 24.3. The molecule has 0 amide bonds. The second kappa shape index (κ2) is 10.3. The van der Waals surface area contributed by atoms with Gasteiger partial charge in [0, 0.05) is 19.0 Å². The van der Waals surface area contributed by atoms with E-state index in [1.54, 1.807) is 0 Å². The van der Waals surface area contributed by atoms with E-state index in [-0.39, 0.29) is 23.9 Å². The van der Waals surface area contributed by atoms with Crippen molar-refractivity contribution >= 4 is 11.9 Å². The lowest BCUT2D eigenvalue weighted by Crippen LogP contribution is -2.47. The lowest BCUT2D eigenvalue weighted by atomic mass is 9.90. The molecule has 7 heteroatoms. The maximum absolute atomic E-state index is 13.1. The summed E-state index contributed by atoms with van der Waals surface area (Å²) in [7, 11) is 1.42. The van der Waals surface area contributed by atoms with Crippen molar-refractivity contribution in [3.05, 3.63) is 35.9 Å². The average molecular weight is 448 g/mol. The highest BCUT2D eigenvalue weighted by atomic mass is 16.7. The summed E-state index contributed by atoms with van der Waals surface area (Å²) in [5, 5.41) is 0. The molecule has 0 saturated carbocycles. The number of carbonyl (C=O) groups is 2. The van der Waals surface area contributed by atoms with Crippen molar-refractivity contribution in [1.82, 2.24) is 4.90 Å². The van der Waals surface area contributed by atoms with Crippen LogP contribution in [-0.4, -0.2) is 60.6 Å². The van der Waals surface area contributed by atoms with Crippen LogP contribution in [0.4, 0.5) is 0 Å². The van der Waals surface area contributed by atoms with Gasteiger partial charge in [-0.2, -0.15) is 0 Å². The Bertz CT molecular complexity index is 768. The molecule has 0 spiro atoms. The molecule has 0 bridgehead atoms. The van der Waals surface area contributed by atoms with Crippen LogP contribution >= 0.6 is 0 Å². The third-order valence-electron chi connectivity index (χ3n) is 6.22. The molecule has 1 unspecified atom stereocenters. The van der Waals surface area contributed by atoms with Gasteiger partial charge in [-0.25, -0.2) is 0 Å². The number of likely N-dealkylation sites (tertiary alicyclic amines) is 1. The molecule has 2 aliphatic heterocycles. The van der Waals surface area contributed by atoms with Crippen LogP contribution in [0.1, 0.15) is 58.9 Å². The van der Waals surface area contributed by atoms with E-state index < -0.39 is 17.4 Å². The van der Waals surface area contributed by atoms with Crippen LogP contribution in [0.5, 0.6) is 0 Å². The van der Waals surface area contributed by atoms with E-state index >= 15 is 0 Å². The van der Waals surface area contributed by atoms with Crippen molar-refractivity contribution in [3.8, 4) is 0 Å². The van der Waals surface area contributed by atoms with E-state index in [2.05, 4.69) is 4.90 Å². The molecule has 0 radical (unpaired) electrons. The molecule has 178 valence electrons. The van der Waals surface area contributed by atoms with E-state index in [0.29, 0.717) is 39.0 Å². The highest BCUT2D eigenvalue weighted by molar-refractivity contribution is 5.78. The Morgan fingerprint density at radius 3 is 2.41 bits per heavy atom. The first kappa shape index (κ1) is 24.7. The molecule has 0 N–H and O–H groups in total. The summed E-state index contributed by atoms with van der Waals surface area (Å²) in [6.45, 7) is 9.21. The second-order valence-corrected chi connectivity index (χ2v) is 9.85. The third kappa shape index (κ3) is 6.30. The minimum atomic E-state index is -0.681. The van der Waals surface area contributed by atoms with Crippen LogP contribution in [0.3, 0.4) is 0 Å². The number of hydrogen-bond donors (Lipinski definition) is 0. The van der Waals surface area contributed by atoms with Crippen LogP contribution in [0, 0.1) is 5.92 Å². The Hall–Kier alpha value is -1.96. The van der Waals surface area contributed by atoms with E-state index in [9.17, 15) is 9.59 Å². The quantitative estimate of drug-likeness (QED) is 0.563. The molecule has 7 nitrogen and oxygen atoms in total. The molecule has 32 heavy (non-hydrogen) atoms. The zero-order chi connectivity index (χ0) is 23.4. The highest BCUT2D eigenvalue weighted by Crippen LogP contribution is 2.36. The SMILES string of the molecule is COC(=O)C(CCC1(C)OCCO1)[C@H]1CC[C@@H](C(=O)OC(C)(C)C)N1Cc1ccccc1. The first-order valence-corrected chi connectivity index (χ1v) is 11.5. The van der Waals surface area contributed by atoms with Gasteiger partial charge in [0.25, 0.3) is 0 Å². The first-order valence-electron chi connectivity index (χ1n) is 11.5. The van der Waals surface area contributed by atoms with Crippen LogP contribution < -0.4 is 0 Å². The van der Waals surface area contributed by atoms with Crippen LogP contribution in [0.2, 0.25) is 0 Å². The van der Waals surface area contributed by atoms with Crippen molar-refractivity contribution < 1.29 is 28.5 Å². The minimum absolute atomic E-state index is 0.134.